The van der Waals surface area contributed by atoms with Crippen molar-refractivity contribution in [1.82, 2.24) is 59.9 Å². The van der Waals surface area contributed by atoms with Gasteiger partial charge in [-0.1, -0.05) is 146 Å². The van der Waals surface area contributed by atoms with Crippen LogP contribution in [0.2, 0.25) is 15.2 Å². The van der Waals surface area contributed by atoms with Gasteiger partial charge in [-0.2, -0.15) is 0 Å². The number of carboxylic acids is 1. The van der Waals surface area contributed by atoms with E-state index in [1.54, 1.807) is 39.0 Å². The average Bonchev–Trinajstić information content (AvgIpc) is 0.812. The second-order valence-corrected chi connectivity index (χ2v) is 35.8. The maximum atomic E-state index is 12.3. The van der Waals surface area contributed by atoms with Crippen LogP contribution >= 0.6 is 58.8 Å². The number of likely N-dealkylation sites (tertiary alicyclic amines) is 3. The van der Waals surface area contributed by atoms with Crippen molar-refractivity contribution in [1.29, 1.82) is 0 Å². The molecule has 3 amide bonds. The predicted octanol–water partition coefficient (Wildman–Crippen LogP) is 18.6. The third-order valence-corrected chi connectivity index (χ3v) is 21.6. The molecule has 4 aliphatic rings. The number of nitrogens with two attached hydrogens (primary N) is 5. The lowest BCUT2D eigenvalue weighted by Crippen LogP contribution is -2.42. The molecular formula is C98H130BCl5N20O14. The number of amides is 3. The van der Waals surface area contributed by atoms with Gasteiger partial charge in [0.05, 0.1) is 11.1 Å². The monoisotopic (exact) mass is 2000 g/mol. The molecule has 34 nitrogen and oxygen atoms in total. The number of aliphatic carboxylic acids is 1. The highest BCUT2D eigenvalue weighted by Gasteiger charge is 2.31. The lowest BCUT2D eigenvalue weighted by molar-refractivity contribution is -0.131. The van der Waals surface area contributed by atoms with Crippen LogP contribution in [0.1, 0.15) is 121 Å². The van der Waals surface area contributed by atoms with Crippen molar-refractivity contribution in [3.8, 4) is 56.8 Å². The zero-order chi connectivity index (χ0) is 99.3. The minimum atomic E-state index is -1.44. The normalized spacial score (nSPS) is 13.6. The van der Waals surface area contributed by atoms with Crippen LogP contribution in [-0.4, -0.2) is 202 Å². The molecule has 8 heterocycles. The summed E-state index contributed by atoms with van der Waals surface area (Å²) in [5.41, 5.74) is 31.5. The summed E-state index contributed by atoms with van der Waals surface area (Å²) in [6.45, 7) is 32.5. The van der Waals surface area contributed by atoms with Crippen molar-refractivity contribution in [2.24, 2.45) is 29.4 Å². The Morgan fingerprint density at radius 3 is 1.01 bits per heavy atom. The third kappa shape index (κ3) is 43.0. The fraction of sp³-hybridized carbons (Fsp3) is 0.378. The van der Waals surface area contributed by atoms with E-state index in [1.807, 2.05) is 202 Å². The van der Waals surface area contributed by atoms with E-state index in [-0.39, 0.29) is 59.9 Å². The van der Waals surface area contributed by atoms with Gasteiger partial charge in [0.25, 0.3) is 0 Å². The summed E-state index contributed by atoms with van der Waals surface area (Å²) >= 11 is 21.7. The van der Waals surface area contributed by atoms with Gasteiger partial charge in [0.15, 0.2) is 5.15 Å². The molecule has 40 heteroatoms. The Balaban J connectivity index is 0.000000296. The van der Waals surface area contributed by atoms with E-state index in [1.165, 1.54) is 38.2 Å². The summed E-state index contributed by atoms with van der Waals surface area (Å²) in [5.74, 6) is 9.00. The third-order valence-electron chi connectivity index (χ3n) is 20.3. The highest BCUT2D eigenvalue weighted by Crippen LogP contribution is 2.37. The first-order chi connectivity index (χ1) is 64.8. The van der Waals surface area contributed by atoms with Crippen molar-refractivity contribution < 1.29 is 67.5 Å². The van der Waals surface area contributed by atoms with E-state index in [0.29, 0.717) is 89.4 Å². The summed E-state index contributed by atoms with van der Waals surface area (Å²) in [6, 6.07) is 51.0. The second-order valence-electron chi connectivity index (χ2n) is 34.3. The number of carbonyl (C=O) groups excluding carboxylic acids is 4. The Hall–Kier alpha value is -12.6. The zero-order valence-corrected chi connectivity index (χ0v) is 82.4. The summed E-state index contributed by atoms with van der Waals surface area (Å²) < 4.78 is 33.5. The molecule has 0 aliphatic carbocycles. The highest BCUT2D eigenvalue weighted by atomic mass is 35.5. The lowest BCUT2D eigenvalue weighted by Gasteiger charge is -2.33. The molecule has 4 saturated heterocycles. The van der Waals surface area contributed by atoms with Crippen LogP contribution in [0.3, 0.4) is 0 Å². The lowest BCUT2D eigenvalue weighted by atomic mass is 9.80. The molecule has 744 valence electrons. The minimum Gasteiger partial charge on any atom is -0.478 e. The van der Waals surface area contributed by atoms with Gasteiger partial charge in [-0.05, 0) is 264 Å². The number of halogens is 5. The number of nitrogens with zero attached hydrogens (tertiary/aromatic N) is 11. The number of carbonyl (C=O) groups is 5. The van der Waals surface area contributed by atoms with Crippen LogP contribution in [0.4, 0.5) is 55.1 Å². The molecule has 4 aromatic heterocycles. The smallest absolute Gasteiger partial charge is 0.478 e. The van der Waals surface area contributed by atoms with Crippen molar-refractivity contribution >= 4 is 142 Å². The van der Waals surface area contributed by atoms with E-state index in [9.17, 15) is 24.0 Å². The average molecular weight is 2000 g/mol. The van der Waals surface area contributed by atoms with Crippen LogP contribution < -0.4 is 69.6 Å². The Morgan fingerprint density at radius 1 is 0.435 bits per heavy atom. The molecule has 10 aromatic rings. The standard InChI is InChI=1S/C27H33N5O3.C22H25N5O.C15H24ClN5O2.C12H11BO3.C11H22N2O2.C4H3Cl2N3.C3H3ClO.C3H4O2.CH4.ClH/c1-27(2,3)35-26(33)32-15-13-19(14-16-32)17-29-25-23(24(28)30-18-31-25)20-9-11-22(12-10-20)34-21-7-5-4-6-8-21;23-21-20(22(27-15-26-21)25-14-16-10-12-24-13-11-16)17-6-8-19(9-7-17)28-18-4-2-1-3-5-18;1-15(2,3)23-14(22)21-6-4-10(5-7-21)8-18-13-11(16)12(17)19-9-20-13;14-13(15)10-6-8-12(9-7-10)16-11-4-2-1-3-5-11;1-11(2,3)15-10(14)13-6-4-9(8-12)5-7-13;5-2-3(6)8-1-9-4(2)7;2*1-2-3(4)5;;/h4-12,18-19H,13-17H2,1-3H3,(H3,28,29,30,31);1-9,15-16,24H,10-14H2,(H3,23,25,26,27);9-10H,4-8H2,1-3H3,(H3,17,18,19,20);1-9,14-15H;9H,4-8,12H2,1-3H3;1H,(H2,7,8,9);2H,1H2;2H,1H2,(H,4,5);1H4;1H. The van der Waals surface area contributed by atoms with Crippen molar-refractivity contribution in [3.63, 3.8) is 0 Å². The zero-order valence-electron chi connectivity index (χ0n) is 78.6. The fourth-order valence-corrected chi connectivity index (χ4v) is 13.6. The number of hydrogen-bond acceptors (Lipinski definition) is 30. The molecule has 4 aliphatic heterocycles. The SMILES string of the molecule is C.C=CC(=O)Cl.C=CC(=O)O.CC(C)(C)OC(=O)N1CCC(CN)CC1.CC(C)(C)OC(=O)N1CCC(CNc2ncnc(N)c2-c2ccc(Oc3ccccc3)cc2)CC1.CC(C)(C)OC(=O)N1CCC(CNc2ncnc(N)c2Cl)CC1.Cl.Nc1ncnc(Cl)c1Cl.Nc1ncnc(NCC2CCNCC2)c1-c1ccc(Oc2ccccc2)cc1.OB(O)c1ccc(Oc2ccccc2)cc1. The molecule has 0 saturated carbocycles. The number of para-hydroxylation sites is 3. The number of anilines is 7. The van der Waals surface area contributed by atoms with Crippen molar-refractivity contribution in [2.75, 3.05) is 117 Å². The number of carboxylic acid groups (broad SMARTS) is 1. The first kappa shape index (κ1) is 116. The van der Waals surface area contributed by atoms with Crippen LogP contribution in [0.15, 0.2) is 214 Å². The summed E-state index contributed by atoms with van der Waals surface area (Å²) in [5, 5.41) is 39.2. The molecule has 0 unspecified atom stereocenters. The van der Waals surface area contributed by atoms with Crippen molar-refractivity contribution in [3.05, 3.63) is 230 Å². The van der Waals surface area contributed by atoms with Crippen molar-refractivity contribution in [2.45, 2.75) is 138 Å². The number of rotatable bonds is 21. The Labute approximate surface area is 834 Å². The maximum Gasteiger partial charge on any atom is 0.488 e. The van der Waals surface area contributed by atoms with Crippen LogP contribution in [-0.2, 0) is 23.8 Å². The number of ether oxygens (including phenoxy) is 6. The predicted molar refractivity (Wildman–Crippen MR) is 552 cm³/mol. The van der Waals surface area contributed by atoms with E-state index in [0.717, 1.165) is 160 Å². The van der Waals surface area contributed by atoms with Gasteiger partial charge in [0.1, 0.15) is 127 Å². The van der Waals surface area contributed by atoms with Crippen LogP contribution in [0.5, 0.6) is 34.5 Å². The number of nitrogens with one attached hydrogen (secondary N) is 4. The molecule has 6 aromatic carbocycles. The van der Waals surface area contributed by atoms with Crippen LogP contribution in [0.25, 0.3) is 22.3 Å². The first-order valence-electron chi connectivity index (χ1n) is 44.2. The van der Waals surface area contributed by atoms with E-state index >= 15 is 0 Å². The molecule has 0 bridgehead atoms. The minimum absolute atomic E-state index is 0. The molecule has 138 heavy (non-hydrogen) atoms. The largest absolute Gasteiger partial charge is 0.488 e. The van der Waals surface area contributed by atoms with E-state index in [4.69, 9.17) is 119 Å². The highest BCUT2D eigenvalue weighted by molar-refractivity contribution is 6.66. The molecule has 0 spiro atoms. The Kier molecular flexibility index (Phi) is 50.0. The number of hydrogen-bond donors (Lipinski definition) is 12. The summed E-state index contributed by atoms with van der Waals surface area (Å²) in [4.78, 5) is 92.4. The molecular weight excluding hydrogens is 1870 g/mol. The molecule has 4 fully saturated rings. The molecule has 14 rings (SSSR count). The number of piperidine rings is 4. The second kappa shape index (κ2) is 59.5. The number of nitrogen functional groups attached to an aromatic ring is 4. The van der Waals surface area contributed by atoms with Gasteiger partial charge < -0.3 is 108 Å². The number of allylic oxidation sites excluding steroid dienone is 1. The fourth-order valence-electron chi connectivity index (χ4n) is 13.2. The number of aromatic nitrogens is 8. The maximum absolute atomic E-state index is 12.3. The van der Waals surface area contributed by atoms with Gasteiger partial charge in [-0.25, -0.2) is 59.0 Å². The molecule has 17 N–H and O–H groups in total. The van der Waals surface area contributed by atoms with E-state index < -0.39 is 35.1 Å². The summed E-state index contributed by atoms with van der Waals surface area (Å²) in [6.07, 6.45) is 14.8. The quantitative estimate of drug-likeness (QED) is 0.0104. The van der Waals surface area contributed by atoms with Gasteiger partial charge in [0, 0.05) is 65.0 Å². The molecule has 0 radical (unpaired) electrons. The molecule has 0 atom stereocenters. The van der Waals surface area contributed by atoms with Gasteiger partial charge in [-0.15, -0.1) is 12.4 Å². The van der Waals surface area contributed by atoms with Crippen LogP contribution in [0, 0.1) is 23.7 Å². The van der Waals surface area contributed by atoms with Gasteiger partial charge in [0.2, 0.25) is 5.24 Å². The topological polar surface area (TPSA) is 492 Å². The van der Waals surface area contributed by atoms with Gasteiger partial charge in [-0.3, -0.25) is 4.79 Å². The summed E-state index contributed by atoms with van der Waals surface area (Å²) in [7, 11) is -1.44. The first-order valence-corrected chi connectivity index (χ1v) is 45.8. The Bertz CT molecular complexity index is 5290. The van der Waals surface area contributed by atoms with E-state index in [2.05, 4.69) is 74.3 Å². The van der Waals surface area contributed by atoms with Gasteiger partial charge >= 0.3 is 31.4 Å². The number of benzene rings is 6. The Morgan fingerprint density at radius 2 is 0.717 bits per heavy atom.